The van der Waals surface area contributed by atoms with E-state index in [0.717, 1.165) is 6.42 Å². The van der Waals surface area contributed by atoms with Gasteiger partial charge in [-0.25, -0.2) is 0 Å². The summed E-state index contributed by atoms with van der Waals surface area (Å²) in [6, 6.07) is 0.316. The smallest absolute Gasteiger partial charge is 0.135 e. The highest BCUT2D eigenvalue weighted by molar-refractivity contribution is 5.79. The van der Waals surface area contributed by atoms with Crippen LogP contribution in [0.3, 0.4) is 0 Å². The standard InChI is InChI=1S/C8H15NO2/c1-9-6-2-3-7(10)5-8(11)4-6/h6,8-9,11H,2-5H2,1H3/t6-,8+/m1/s1. The topological polar surface area (TPSA) is 49.3 Å². The van der Waals surface area contributed by atoms with Crippen LogP contribution >= 0.6 is 0 Å². The molecular weight excluding hydrogens is 142 g/mol. The van der Waals surface area contributed by atoms with Crippen molar-refractivity contribution in [2.75, 3.05) is 7.05 Å². The highest BCUT2D eigenvalue weighted by Gasteiger charge is 2.21. The van der Waals surface area contributed by atoms with Crippen LogP contribution < -0.4 is 5.32 Å². The van der Waals surface area contributed by atoms with Crippen molar-refractivity contribution >= 4 is 5.78 Å². The fraction of sp³-hybridized carbons (Fsp3) is 0.875. The second-order valence-corrected chi connectivity index (χ2v) is 3.16. The molecule has 0 spiro atoms. The highest BCUT2D eigenvalue weighted by Crippen LogP contribution is 2.14. The Morgan fingerprint density at radius 3 is 3.00 bits per heavy atom. The molecule has 0 aliphatic heterocycles. The van der Waals surface area contributed by atoms with E-state index in [9.17, 15) is 9.90 Å². The Hall–Kier alpha value is -0.410. The molecule has 64 valence electrons. The van der Waals surface area contributed by atoms with Crippen molar-refractivity contribution < 1.29 is 9.90 Å². The van der Waals surface area contributed by atoms with Crippen molar-refractivity contribution in [3.8, 4) is 0 Å². The van der Waals surface area contributed by atoms with Gasteiger partial charge in [0.05, 0.1) is 6.10 Å². The molecule has 3 heteroatoms. The summed E-state index contributed by atoms with van der Waals surface area (Å²) in [7, 11) is 1.87. The lowest BCUT2D eigenvalue weighted by atomic mass is 10.1. The predicted octanol–water partition coefficient (Wildman–Crippen LogP) is 0.0784. The first kappa shape index (κ1) is 8.68. The molecule has 0 saturated heterocycles. The lowest BCUT2D eigenvalue weighted by Gasteiger charge is -2.13. The maximum atomic E-state index is 11.0. The summed E-state index contributed by atoms with van der Waals surface area (Å²) in [5.74, 6) is 0.190. The Morgan fingerprint density at radius 1 is 1.64 bits per heavy atom. The Morgan fingerprint density at radius 2 is 2.36 bits per heavy atom. The Labute approximate surface area is 66.8 Å². The number of rotatable bonds is 1. The molecule has 3 nitrogen and oxygen atoms in total. The van der Waals surface area contributed by atoms with Crippen LogP contribution in [0.1, 0.15) is 25.7 Å². The van der Waals surface area contributed by atoms with Gasteiger partial charge >= 0.3 is 0 Å². The molecule has 1 fully saturated rings. The maximum absolute atomic E-state index is 11.0. The Balaban J connectivity index is 2.46. The monoisotopic (exact) mass is 157 g/mol. The van der Waals surface area contributed by atoms with Gasteiger partial charge in [0.15, 0.2) is 0 Å². The molecule has 11 heavy (non-hydrogen) atoms. The van der Waals surface area contributed by atoms with Crippen LogP contribution in [-0.4, -0.2) is 30.1 Å². The molecule has 2 N–H and O–H groups in total. The van der Waals surface area contributed by atoms with Crippen LogP contribution in [0.5, 0.6) is 0 Å². The van der Waals surface area contributed by atoms with E-state index in [2.05, 4.69) is 5.32 Å². The minimum absolute atomic E-state index is 0.190. The van der Waals surface area contributed by atoms with Gasteiger partial charge in [-0.2, -0.15) is 0 Å². The number of aliphatic hydroxyl groups is 1. The lowest BCUT2D eigenvalue weighted by molar-refractivity contribution is -0.120. The third-order valence-corrected chi connectivity index (χ3v) is 2.20. The summed E-state index contributed by atoms with van der Waals surface area (Å²) < 4.78 is 0. The van der Waals surface area contributed by atoms with Crippen LogP contribution in [0.2, 0.25) is 0 Å². The van der Waals surface area contributed by atoms with Crippen LogP contribution in [0, 0.1) is 0 Å². The van der Waals surface area contributed by atoms with Crippen molar-refractivity contribution in [2.45, 2.75) is 37.8 Å². The van der Waals surface area contributed by atoms with Gasteiger partial charge in [0.2, 0.25) is 0 Å². The quantitative estimate of drug-likeness (QED) is 0.530. The molecule has 2 atom stereocenters. The molecule has 0 radical (unpaired) electrons. The molecule has 0 amide bonds. The SMILES string of the molecule is CN[C@@H]1CCC(=O)C[C@@H](O)C1. The second-order valence-electron chi connectivity index (χ2n) is 3.16. The Kier molecular flexibility index (Phi) is 3.02. The third kappa shape index (κ3) is 2.60. The number of ketones is 1. The molecule has 1 aliphatic carbocycles. The summed E-state index contributed by atoms with van der Waals surface area (Å²) in [6.45, 7) is 0. The molecule has 1 rings (SSSR count). The number of aliphatic hydroxyl groups excluding tert-OH is 1. The first-order valence-corrected chi connectivity index (χ1v) is 4.09. The number of carbonyl (C=O) groups is 1. The van der Waals surface area contributed by atoms with Gasteiger partial charge in [-0.3, -0.25) is 4.79 Å². The van der Waals surface area contributed by atoms with E-state index >= 15 is 0 Å². The van der Waals surface area contributed by atoms with Crippen LogP contribution in [-0.2, 0) is 4.79 Å². The molecule has 0 aromatic rings. The predicted molar refractivity (Wildman–Crippen MR) is 42.3 cm³/mol. The van der Waals surface area contributed by atoms with E-state index in [0.29, 0.717) is 25.3 Å². The first-order chi connectivity index (χ1) is 5.22. The molecular formula is C8H15NO2. The van der Waals surface area contributed by atoms with Gasteiger partial charge < -0.3 is 10.4 Å². The number of Topliss-reactive ketones (excluding diaryl/α,β-unsaturated/α-hetero) is 1. The molecule has 0 aromatic carbocycles. The number of nitrogens with one attached hydrogen (secondary N) is 1. The van der Waals surface area contributed by atoms with Gasteiger partial charge in [-0.15, -0.1) is 0 Å². The van der Waals surface area contributed by atoms with Crippen molar-refractivity contribution in [3.63, 3.8) is 0 Å². The first-order valence-electron chi connectivity index (χ1n) is 4.09. The summed E-state index contributed by atoms with van der Waals surface area (Å²) in [5.41, 5.74) is 0. The second kappa shape index (κ2) is 3.83. The zero-order valence-corrected chi connectivity index (χ0v) is 6.84. The van der Waals surface area contributed by atoms with E-state index in [4.69, 9.17) is 0 Å². The van der Waals surface area contributed by atoms with E-state index in [1.54, 1.807) is 0 Å². The minimum Gasteiger partial charge on any atom is -0.393 e. The van der Waals surface area contributed by atoms with Crippen LogP contribution in [0.4, 0.5) is 0 Å². The summed E-state index contributed by atoms with van der Waals surface area (Å²) >= 11 is 0. The van der Waals surface area contributed by atoms with Crippen molar-refractivity contribution in [1.82, 2.24) is 5.32 Å². The molecule has 0 bridgehead atoms. The third-order valence-electron chi connectivity index (χ3n) is 2.20. The summed E-state index contributed by atoms with van der Waals surface area (Å²) in [5, 5.41) is 12.4. The molecule has 0 unspecified atom stereocenters. The van der Waals surface area contributed by atoms with Gasteiger partial charge in [-0.05, 0) is 19.9 Å². The molecule has 1 saturated carbocycles. The van der Waals surface area contributed by atoms with Gasteiger partial charge in [0.25, 0.3) is 0 Å². The average Bonchev–Trinajstić information content (AvgIpc) is 2.11. The fourth-order valence-corrected chi connectivity index (χ4v) is 1.49. The highest BCUT2D eigenvalue weighted by atomic mass is 16.3. The van der Waals surface area contributed by atoms with Crippen LogP contribution in [0.15, 0.2) is 0 Å². The Bertz CT molecular complexity index is 147. The maximum Gasteiger partial charge on any atom is 0.135 e. The lowest BCUT2D eigenvalue weighted by Crippen LogP contribution is -2.27. The molecule has 1 aliphatic rings. The van der Waals surface area contributed by atoms with Crippen molar-refractivity contribution in [1.29, 1.82) is 0 Å². The van der Waals surface area contributed by atoms with E-state index in [1.165, 1.54) is 0 Å². The van der Waals surface area contributed by atoms with E-state index < -0.39 is 6.10 Å². The van der Waals surface area contributed by atoms with Crippen molar-refractivity contribution in [2.24, 2.45) is 0 Å². The number of hydrogen-bond acceptors (Lipinski definition) is 3. The molecule has 0 aromatic heterocycles. The fourth-order valence-electron chi connectivity index (χ4n) is 1.49. The van der Waals surface area contributed by atoms with Gasteiger partial charge in [-0.1, -0.05) is 0 Å². The molecule has 0 heterocycles. The van der Waals surface area contributed by atoms with Crippen molar-refractivity contribution in [3.05, 3.63) is 0 Å². The zero-order chi connectivity index (χ0) is 8.27. The van der Waals surface area contributed by atoms with Gasteiger partial charge in [0, 0.05) is 18.9 Å². The zero-order valence-electron chi connectivity index (χ0n) is 6.84. The van der Waals surface area contributed by atoms with Gasteiger partial charge in [0.1, 0.15) is 5.78 Å². The number of carbonyl (C=O) groups excluding carboxylic acids is 1. The van der Waals surface area contributed by atoms with E-state index in [1.807, 2.05) is 7.05 Å². The van der Waals surface area contributed by atoms with E-state index in [-0.39, 0.29) is 5.78 Å². The summed E-state index contributed by atoms with van der Waals surface area (Å²) in [4.78, 5) is 11.0. The normalized spacial score (nSPS) is 33.5. The largest absolute Gasteiger partial charge is 0.393 e. The number of hydrogen-bond donors (Lipinski definition) is 2. The summed E-state index contributed by atoms with van der Waals surface area (Å²) in [6.07, 6.45) is 2.11. The average molecular weight is 157 g/mol. The minimum atomic E-state index is -0.428. The van der Waals surface area contributed by atoms with Crippen LogP contribution in [0.25, 0.3) is 0 Å².